The Kier molecular flexibility index (Phi) is 8.11. The van der Waals surface area contributed by atoms with Crippen LogP contribution in [0, 0.1) is 17.3 Å². The predicted octanol–water partition coefficient (Wildman–Crippen LogP) is 8.24. The van der Waals surface area contributed by atoms with Crippen molar-refractivity contribution in [1.82, 2.24) is 0 Å². The van der Waals surface area contributed by atoms with Crippen LogP contribution in [0.4, 0.5) is 0 Å². The molecule has 0 aliphatic heterocycles. The van der Waals surface area contributed by atoms with Gasteiger partial charge in [0.15, 0.2) is 0 Å². The van der Waals surface area contributed by atoms with Crippen molar-refractivity contribution in [3.8, 4) is 0 Å². The molecule has 0 bridgehead atoms. The Bertz CT molecular complexity index is 423. The summed E-state index contributed by atoms with van der Waals surface area (Å²) in [5, 5.41) is 0. The first kappa shape index (κ1) is 19.8. The van der Waals surface area contributed by atoms with Crippen molar-refractivity contribution in [1.29, 1.82) is 0 Å². The third-order valence-corrected chi connectivity index (χ3v) is 6.34. The van der Waals surface area contributed by atoms with Crippen LogP contribution in [0.25, 0.3) is 0 Å². The number of rotatable bonds is 11. The van der Waals surface area contributed by atoms with Crippen molar-refractivity contribution in [3.05, 3.63) is 23.3 Å². The van der Waals surface area contributed by atoms with E-state index < -0.39 is 0 Å². The molecule has 0 nitrogen and oxygen atoms in total. The van der Waals surface area contributed by atoms with Crippen LogP contribution in [-0.2, 0) is 0 Å². The molecule has 0 spiro atoms. The first-order valence-corrected chi connectivity index (χ1v) is 11.0. The molecule has 24 heavy (non-hydrogen) atoms. The highest BCUT2D eigenvalue weighted by molar-refractivity contribution is 5.38. The fourth-order valence-electron chi connectivity index (χ4n) is 4.47. The monoisotopic (exact) mass is 330 g/mol. The molecular formula is C24H42. The molecule has 2 aliphatic rings. The van der Waals surface area contributed by atoms with Gasteiger partial charge in [0.25, 0.3) is 0 Å². The van der Waals surface area contributed by atoms with E-state index in [-0.39, 0.29) is 0 Å². The Morgan fingerprint density at radius 1 is 0.917 bits per heavy atom. The molecule has 2 unspecified atom stereocenters. The number of unbranched alkanes of at least 4 members (excludes halogenated alkanes) is 6. The number of hydrogen-bond donors (Lipinski definition) is 0. The predicted molar refractivity (Wildman–Crippen MR) is 108 cm³/mol. The normalized spacial score (nSPS) is 27.3. The van der Waals surface area contributed by atoms with Crippen LogP contribution in [0.5, 0.6) is 0 Å². The van der Waals surface area contributed by atoms with Gasteiger partial charge in [-0.3, -0.25) is 0 Å². The molecule has 0 heteroatoms. The molecule has 138 valence electrons. The van der Waals surface area contributed by atoms with Crippen molar-refractivity contribution >= 4 is 0 Å². The third-order valence-electron chi connectivity index (χ3n) is 6.34. The summed E-state index contributed by atoms with van der Waals surface area (Å²) >= 11 is 0. The molecule has 0 amide bonds. The van der Waals surface area contributed by atoms with Gasteiger partial charge >= 0.3 is 0 Å². The van der Waals surface area contributed by atoms with Gasteiger partial charge in [-0.1, -0.05) is 95.9 Å². The Morgan fingerprint density at radius 2 is 1.58 bits per heavy atom. The van der Waals surface area contributed by atoms with E-state index in [0.717, 1.165) is 11.8 Å². The third kappa shape index (κ3) is 6.08. The van der Waals surface area contributed by atoms with Gasteiger partial charge in [0, 0.05) is 0 Å². The van der Waals surface area contributed by atoms with Gasteiger partial charge in [0.1, 0.15) is 0 Å². The Morgan fingerprint density at radius 3 is 2.17 bits per heavy atom. The number of allylic oxidation sites excluding steroid dienone is 4. The highest BCUT2D eigenvalue weighted by Gasteiger charge is 2.42. The number of hydrogen-bond acceptors (Lipinski definition) is 0. The van der Waals surface area contributed by atoms with Gasteiger partial charge in [-0.05, 0) is 55.8 Å². The lowest BCUT2D eigenvalue weighted by molar-refractivity contribution is 0.434. The second-order valence-corrected chi connectivity index (χ2v) is 9.05. The zero-order valence-corrected chi connectivity index (χ0v) is 17.0. The van der Waals surface area contributed by atoms with Gasteiger partial charge in [-0.25, -0.2) is 0 Å². The second kappa shape index (κ2) is 9.83. The Labute approximate surface area is 152 Å². The molecule has 0 heterocycles. The molecule has 2 atom stereocenters. The smallest absolute Gasteiger partial charge is 0.00201 e. The second-order valence-electron chi connectivity index (χ2n) is 9.05. The van der Waals surface area contributed by atoms with Crippen molar-refractivity contribution in [3.63, 3.8) is 0 Å². The van der Waals surface area contributed by atoms with Crippen LogP contribution in [0.2, 0.25) is 0 Å². The van der Waals surface area contributed by atoms with E-state index >= 15 is 0 Å². The van der Waals surface area contributed by atoms with E-state index in [9.17, 15) is 0 Å². The maximum Gasteiger partial charge on any atom is -0.00201 e. The highest BCUT2D eigenvalue weighted by atomic mass is 14.5. The quantitative estimate of drug-likeness (QED) is 0.264. The van der Waals surface area contributed by atoms with Crippen molar-refractivity contribution in [2.45, 2.75) is 111 Å². The molecule has 1 saturated carbocycles. The maximum atomic E-state index is 2.59. The van der Waals surface area contributed by atoms with Gasteiger partial charge in [-0.2, -0.15) is 0 Å². The van der Waals surface area contributed by atoms with Gasteiger partial charge < -0.3 is 0 Å². The van der Waals surface area contributed by atoms with E-state index in [1.165, 1.54) is 83.5 Å². The zero-order chi connectivity index (χ0) is 17.4. The Hall–Kier alpha value is -0.520. The minimum atomic E-state index is 0.520. The molecule has 0 aromatic rings. The lowest BCUT2D eigenvalue weighted by atomic mass is 9.80. The molecule has 0 saturated heterocycles. The summed E-state index contributed by atoms with van der Waals surface area (Å²) in [6.45, 7) is 9.49. The van der Waals surface area contributed by atoms with Crippen molar-refractivity contribution in [2.75, 3.05) is 0 Å². The summed E-state index contributed by atoms with van der Waals surface area (Å²) in [7, 11) is 0. The van der Waals surface area contributed by atoms with Crippen LogP contribution in [0.1, 0.15) is 111 Å². The summed E-state index contributed by atoms with van der Waals surface area (Å²) < 4.78 is 0. The molecule has 2 aliphatic carbocycles. The average molecular weight is 331 g/mol. The van der Waals surface area contributed by atoms with Crippen LogP contribution < -0.4 is 0 Å². The highest BCUT2D eigenvalue weighted by Crippen LogP contribution is 2.55. The van der Waals surface area contributed by atoms with Crippen LogP contribution in [0.3, 0.4) is 0 Å². The Balaban J connectivity index is 1.77. The summed E-state index contributed by atoms with van der Waals surface area (Å²) in [5.74, 6) is 1.64. The van der Waals surface area contributed by atoms with Crippen LogP contribution in [-0.4, -0.2) is 0 Å². The van der Waals surface area contributed by atoms with Crippen molar-refractivity contribution in [2.24, 2.45) is 17.3 Å². The zero-order valence-electron chi connectivity index (χ0n) is 17.0. The summed E-state index contributed by atoms with van der Waals surface area (Å²) in [5.41, 5.74) is 4.16. The summed E-state index contributed by atoms with van der Waals surface area (Å²) in [4.78, 5) is 0. The van der Waals surface area contributed by atoms with Gasteiger partial charge in [0.2, 0.25) is 0 Å². The fraction of sp³-hybridized carbons (Fsp3) is 0.833. The maximum absolute atomic E-state index is 2.59. The largest absolute Gasteiger partial charge is 0.0848 e. The molecule has 1 fully saturated rings. The van der Waals surface area contributed by atoms with E-state index in [1.54, 1.807) is 5.57 Å². The molecule has 2 rings (SSSR count). The van der Waals surface area contributed by atoms with Gasteiger partial charge in [0.05, 0.1) is 0 Å². The van der Waals surface area contributed by atoms with E-state index in [1.807, 2.05) is 5.57 Å². The van der Waals surface area contributed by atoms with Crippen LogP contribution >= 0.6 is 0 Å². The van der Waals surface area contributed by atoms with E-state index in [2.05, 4.69) is 39.8 Å². The topological polar surface area (TPSA) is 0 Å². The first-order chi connectivity index (χ1) is 11.6. The summed E-state index contributed by atoms with van der Waals surface area (Å²) in [6, 6.07) is 0. The van der Waals surface area contributed by atoms with Gasteiger partial charge in [-0.15, -0.1) is 0 Å². The first-order valence-electron chi connectivity index (χ1n) is 11.0. The average Bonchev–Trinajstić information content (AvgIpc) is 3.20. The molecular weight excluding hydrogens is 288 g/mol. The molecule has 0 aromatic heterocycles. The standard InChI is InChI=1S/C24H42/c1-5-7-9-10-11-12-13-20-15-17-21(18-16-20)22(14-8-6-2)23-19-24(23,3)4/h15,17,20-21H,5-14,16,18-19H2,1-4H3. The van der Waals surface area contributed by atoms with Crippen LogP contribution in [0.15, 0.2) is 23.3 Å². The lowest BCUT2D eigenvalue weighted by Crippen LogP contribution is -2.12. The summed E-state index contributed by atoms with van der Waals surface area (Å²) in [6.07, 6.45) is 23.5. The lowest BCUT2D eigenvalue weighted by Gasteiger charge is -2.26. The minimum absolute atomic E-state index is 0.520. The van der Waals surface area contributed by atoms with E-state index in [4.69, 9.17) is 0 Å². The SMILES string of the molecule is CCCCCCCCC1C=CC(C(CCCC)=C2CC2(C)C)CC1. The molecule has 0 N–H and O–H groups in total. The minimum Gasteiger partial charge on any atom is -0.0848 e. The van der Waals surface area contributed by atoms with E-state index in [0.29, 0.717) is 5.41 Å². The molecule has 0 aromatic carbocycles. The van der Waals surface area contributed by atoms with Crippen molar-refractivity contribution < 1.29 is 0 Å². The molecule has 0 radical (unpaired) electrons. The fourth-order valence-corrected chi connectivity index (χ4v) is 4.47.